The van der Waals surface area contributed by atoms with Crippen molar-refractivity contribution in [2.75, 3.05) is 0 Å². The molecule has 0 aliphatic rings. The van der Waals surface area contributed by atoms with E-state index in [1.54, 1.807) is 4.68 Å². The van der Waals surface area contributed by atoms with Crippen LogP contribution >= 0.6 is 0 Å². The molecule has 0 unspecified atom stereocenters. The molecule has 0 aliphatic carbocycles. The standard InChI is InChI=1S/C21H19N3O2/c1-15-19(21(25)24(23(15)2)17-11-7-4-8-12-17)20-18(22-14-26-20)13-16-9-5-3-6-10-16/h3-12,14H,13H2,1-2H3. The first-order valence-corrected chi connectivity index (χ1v) is 8.47. The van der Waals surface area contributed by atoms with Gasteiger partial charge in [-0.1, -0.05) is 48.5 Å². The fourth-order valence-corrected chi connectivity index (χ4v) is 3.22. The molecule has 2 aromatic carbocycles. The molecule has 0 spiro atoms. The lowest BCUT2D eigenvalue weighted by atomic mass is 10.1. The zero-order valence-electron chi connectivity index (χ0n) is 14.7. The molecular formula is C21H19N3O2. The minimum absolute atomic E-state index is 0.109. The molecule has 0 saturated carbocycles. The first-order valence-electron chi connectivity index (χ1n) is 8.47. The van der Waals surface area contributed by atoms with E-state index in [2.05, 4.69) is 4.98 Å². The number of nitrogens with zero attached hydrogens (tertiary/aromatic N) is 3. The third-order valence-corrected chi connectivity index (χ3v) is 4.64. The van der Waals surface area contributed by atoms with Gasteiger partial charge in [-0.25, -0.2) is 9.67 Å². The van der Waals surface area contributed by atoms with Crippen LogP contribution < -0.4 is 5.56 Å². The summed E-state index contributed by atoms with van der Waals surface area (Å²) in [7, 11) is 1.88. The van der Waals surface area contributed by atoms with E-state index in [4.69, 9.17) is 4.42 Å². The Balaban J connectivity index is 1.84. The number of para-hydroxylation sites is 1. The highest BCUT2D eigenvalue weighted by Gasteiger charge is 2.23. The van der Waals surface area contributed by atoms with Gasteiger partial charge in [0.25, 0.3) is 5.56 Å². The van der Waals surface area contributed by atoms with Crippen LogP contribution in [0, 0.1) is 6.92 Å². The Labute approximate surface area is 151 Å². The van der Waals surface area contributed by atoms with Crippen LogP contribution in [0.15, 0.2) is 76.3 Å². The van der Waals surface area contributed by atoms with Gasteiger partial charge in [-0.3, -0.25) is 9.48 Å². The molecule has 2 aromatic heterocycles. The summed E-state index contributed by atoms with van der Waals surface area (Å²) in [4.78, 5) is 17.5. The third kappa shape index (κ3) is 2.67. The summed E-state index contributed by atoms with van der Waals surface area (Å²) in [5, 5.41) is 0. The Hall–Kier alpha value is -3.34. The maximum Gasteiger partial charge on any atom is 0.282 e. The SMILES string of the molecule is Cc1c(-c2ocnc2Cc2ccccc2)c(=O)n(-c2ccccc2)n1C. The van der Waals surface area contributed by atoms with E-state index in [9.17, 15) is 4.79 Å². The molecular weight excluding hydrogens is 326 g/mol. The number of oxazole rings is 1. The quantitative estimate of drug-likeness (QED) is 0.566. The molecule has 130 valence electrons. The molecule has 0 N–H and O–H groups in total. The van der Waals surface area contributed by atoms with Gasteiger partial charge in [-0.2, -0.15) is 0 Å². The molecule has 5 heteroatoms. The van der Waals surface area contributed by atoms with Crippen molar-refractivity contribution >= 4 is 0 Å². The smallest absolute Gasteiger partial charge is 0.282 e. The molecule has 4 rings (SSSR count). The van der Waals surface area contributed by atoms with E-state index in [0.29, 0.717) is 17.7 Å². The molecule has 0 radical (unpaired) electrons. The molecule has 0 bridgehead atoms. The fraction of sp³-hybridized carbons (Fsp3) is 0.143. The van der Waals surface area contributed by atoms with E-state index in [0.717, 1.165) is 22.6 Å². The summed E-state index contributed by atoms with van der Waals surface area (Å²) in [6, 6.07) is 19.6. The highest BCUT2D eigenvalue weighted by atomic mass is 16.3. The van der Waals surface area contributed by atoms with Gasteiger partial charge in [0.15, 0.2) is 12.2 Å². The van der Waals surface area contributed by atoms with E-state index < -0.39 is 0 Å². The minimum atomic E-state index is -0.109. The van der Waals surface area contributed by atoms with Crippen molar-refractivity contribution in [1.82, 2.24) is 14.3 Å². The summed E-state index contributed by atoms with van der Waals surface area (Å²) in [6.07, 6.45) is 2.03. The lowest BCUT2D eigenvalue weighted by Gasteiger charge is -2.07. The fourth-order valence-electron chi connectivity index (χ4n) is 3.22. The van der Waals surface area contributed by atoms with Crippen molar-refractivity contribution in [3.8, 4) is 17.0 Å². The number of rotatable bonds is 4. The number of hydrogen-bond donors (Lipinski definition) is 0. The molecule has 5 nitrogen and oxygen atoms in total. The average molecular weight is 345 g/mol. The largest absolute Gasteiger partial charge is 0.443 e. The molecule has 4 aromatic rings. The maximum atomic E-state index is 13.2. The van der Waals surface area contributed by atoms with Crippen LogP contribution in [0.4, 0.5) is 0 Å². The summed E-state index contributed by atoms with van der Waals surface area (Å²) in [5.74, 6) is 0.543. The second kappa shape index (κ2) is 6.52. The molecule has 2 heterocycles. The first-order chi connectivity index (χ1) is 12.7. The van der Waals surface area contributed by atoms with Crippen molar-refractivity contribution in [2.24, 2.45) is 7.05 Å². The minimum Gasteiger partial charge on any atom is -0.443 e. The normalized spacial score (nSPS) is 11.0. The topological polar surface area (TPSA) is 53.0 Å². The van der Waals surface area contributed by atoms with Crippen molar-refractivity contribution in [2.45, 2.75) is 13.3 Å². The number of benzene rings is 2. The molecule has 0 amide bonds. The third-order valence-electron chi connectivity index (χ3n) is 4.64. The van der Waals surface area contributed by atoms with Crippen LogP contribution in [-0.4, -0.2) is 14.3 Å². The van der Waals surface area contributed by atoms with Crippen LogP contribution in [0.1, 0.15) is 17.0 Å². The van der Waals surface area contributed by atoms with Gasteiger partial charge in [0.1, 0.15) is 5.56 Å². The van der Waals surface area contributed by atoms with E-state index >= 15 is 0 Å². The maximum absolute atomic E-state index is 13.2. The number of aromatic nitrogens is 3. The Bertz CT molecular complexity index is 1090. The van der Waals surface area contributed by atoms with Gasteiger partial charge < -0.3 is 4.42 Å². The zero-order chi connectivity index (χ0) is 18.1. The second-order valence-corrected chi connectivity index (χ2v) is 6.23. The predicted molar refractivity (Wildman–Crippen MR) is 100 cm³/mol. The van der Waals surface area contributed by atoms with Crippen LogP contribution in [0.5, 0.6) is 0 Å². The average Bonchev–Trinajstić information content (AvgIpc) is 3.19. The van der Waals surface area contributed by atoms with Gasteiger partial charge in [0.2, 0.25) is 0 Å². The second-order valence-electron chi connectivity index (χ2n) is 6.23. The molecule has 0 fully saturated rings. The van der Waals surface area contributed by atoms with Gasteiger partial charge in [-0.05, 0) is 24.6 Å². The molecule has 0 aliphatic heterocycles. The zero-order valence-corrected chi connectivity index (χ0v) is 14.7. The lowest BCUT2D eigenvalue weighted by Crippen LogP contribution is -2.20. The van der Waals surface area contributed by atoms with Gasteiger partial charge in [-0.15, -0.1) is 0 Å². The lowest BCUT2D eigenvalue weighted by molar-refractivity contribution is 0.570. The first kappa shape index (κ1) is 16.1. The van der Waals surface area contributed by atoms with E-state index in [-0.39, 0.29) is 5.56 Å². The van der Waals surface area contributed by atoms with E-state index in [1.165, 1.54) is 6.39 Å². The van der Waals surface area contributed by atoms with Crippen LogP contribution in [-0.2, 0) is 13.5 Å². The summed E-state index contributed by atoms with van der Waals surface area (Å²) in [6.45, 7) is 1.92. The van der Waals surface area contributed by atoms with Gasteiger partial charge in [0, 0.05) is 19.2 Å². The predicted octanol–water partition coefficient (Wildman–Crippen LogP) is 3.73. The summed E-state index contributed by atoms with van der Waals surface area (Å²) < 4.78 is 9.15. The highest BCUT2D eigenvalue weighted by molar-refractivity contribution is 5.63. The molecule has 26 heavy (non-hydrogen) atoms. The Morgan fingerprint density at radius 2 is 1.65 bits per heavy atom. The van der Waals surface area contributed by atoms with Crippen LogP contribution in [0.2, 0.25) is 0 Å². The van der Waals surface area contributed by atoms with Crippen LogP contribution in [0.25, 0.3) is 17.0 Å². The van der Waals surface area contributed by atoms with Gasteiger partial charge in [0.05, 0.1) is 11.4 Å². The van der Waals surface area contributed by atoms with Crippen molar-refractivity contribution in [3.63, 3.8) is 0 Å². The van der Waals surface area contributed by atoms with Crippen molar-refractivity contribution in [3.05, 3.63) is 94.4 Å². The molecule has 0 atom stereocenters. The Morgan fingerprint density at radius 3 is 2.35 bits per heavy atom. The van der Waals surface area contributed by atoms with Gasteiger partial charge >= 0.3 is 0 Å². The Kier molecular flexibility index (Phi) is 4.05. The summed E-state index contributed by atoms with van der Waals surface area (Å²) >= 11 is 0. The monoisotopic (exact) mass is 345 g/mol. The van der Waals surface area contributed by atoms with Crippen LogP contribution in [0.3, 0.4) is 0 Å². The number of hydrogen-bond acceptors (Lipinski definition) is 3. The van der Waals surface area contributed by atoms with Crippen molar-refractivity contribution in [1.29, 1.82) is 0 Å². The summed E-state index contributed by atoms with van der Waals surface area (Å²) in [5.41, 5.74) is 3.99. The Morgan fingerprint density at radius 1 is 1.00 bits per heavy atom. The van der Waals surface area contributed by atoms with E-state index in [1.807, 2.05) is 79.3 Å². The van der Waals surface area contributed by atoms with Crippen molar-refractivity contribution < 1.29 is 4.42 Å². The molecule has 0 saturated heterocycles. The highest BCUT2D eigenvalue weighted by Crippen LogP contribution is 2.26.